The Hall–Kier alpha value is -2.43. The Morgan fingerprint density at radius 1 is 1.56 bits per heavy atom. The summed E-state index contributed by atoms with van der Waals surface area (Å²) in [7, 11) is 0. The van der Waals surface area contributed by atoms with Crippen molar-refractivity contribution in [2.45, 2.75) is 6.54 Å². The minimum absolute atomic E-state index is 0.134. The molecule has 0 saturated heterocycles. The predicted octanol–water partition coefficient (Wildman–Crippen LogP) is 1.15. The number of aromatic nitrogens is 2. The molecule has 1 amide bonds. The largest absolute Gasteiger partial charge is 0.351 e. The van der Waals surface area contributed by atoms with Crippen molar-refractivity contribution >= 4 is 23.2 Å². The summed E-state index contributed by atoms with van der Waals surface area (Å²) in [5, 5.41) is 3.43. The van der Waals surface area contributed by atoms with Gasteiger partial charge in [-0.2, -0.15) is 0 Å². The van der Waals surface area contributed by atoms with Gasteiger partial charge >= 0.3 is 0 Å². The van der Waals surface area contributed by atoms with Crippen LogP contribution in [0, 0.1) is 0 Å². The first-order valence-corrected chi connectivity index (χ1v) is 5.53. The zero-order chi connectivity index (χ0) is 13.0. The first kappa shape index (κ1) is 12.0. The molecule has 0 fully saturated rings. The number of fused-ring (bicyclic) bond motifs is 1. The molecule has 0 radical (unpaired) electrons. The highest BCUT2D eigenvalue weighted by Gasteiger charge is 2.10. The van der Waals surface area contributed by atoms with Crippen LogP contribution in [0.3, 0.4) is 0 Å². The number of pyridine rings is 1. The van der Waals surface area contributed by atoms with E-state index in [4.69, 9.17) is 0 Å². The molecule has 2 heterocycles. The minimum atomic E-state index is -0.144. The summed E-state index contributed by atoms with van der Waals surface area (Å²) in [6, 6.07) is 3.57. The topological polar surface area (TPSA) is 64.0 Å². The van der Waals surface area contributed by atoms with Gasteiger partial charge in [-0.15, -0.1) is 6.58 Å². The molecule has 0 saturated carbocycles. The summed E-state index contributed by atoms with van der Waals surface area (Å²) in [6.45, 7) is 4.08. The summed E-state index contributed by atoms with van der Waals surface area (Å²) in [5.74, 6) is -0.144. The molecule has 1 N–H and O–H groups in total. The summed E-state index contributed by atoms with van der Waals surface area (Å²) >= 11 is 0. The van der Waals surface area contributed by atoms with Crippen LogP contribution in [0.5, 0.6) is 0 Å². The van der Waals surface area contributed by atoms with Gasteiger partial charge < -0.3 is 9.88 Å². The Labute approximate surface area is 104 Å². The predicted molar refractivity (Wildman–Crippen MR) is 68.3 cm³/mol. The van der Waals surface area contributed by atoms with Gasteiger partial charge in [0.25, 0.3) is 0 Å². The molecular formula is C13H13N3O2. The molecule has 0 aliphatic carbocycles. The van der Waals surface area contributed by atoms with Gasteiger partial charge in [-0.25, -0.2) is 4.98 Å². The van der Waals surface area contributed by atoms with Gasteiger partial charge in [0.15, 0.2) is 6.29 Å². The lowest BCUT2D eigenvalue weighted by Crippen LogP contribution is -2.27. The van der Waals surface area contributed by atoms with E-state index >= 15 is 0 Å². The second-order valence-corrected chi connectivity index (χ2v) is 3.80. The van der Waals surface area contributed by atoms with E-state index in [9.17, 15) is 9.59 Å². The van der Waals surface area contributed by atoms with E-state index in [1.807, 2.05) is 6.07 Å². The molecule has 0 spiro atoms. The second kappa shape index (κ2) is 5.27. The maximum atomic E-state index is 11.6. The van der Waals surface area contributed by atoms with Crippen molar-refractivity contribution in [2.24, 2.45) is 0 Å². The smallest absolute Gasteiger partial charge is 0.240 e. The Kier molecular flexibility index (Phi) is 3.52. The third-order valence-corrected chi connectivity index (χ3v) is 2.55. The van der Waals surface area contributed by atoms with Crippen molar-refractivity contribution in [2.75, 3.05) is 6.54 Å². The van der Waals surface area contributed by atoms with Crippen LogP contribution in [0.4, 0.5) is 0 Å². The molecule has 0 atom stereocenters. The quantitative estimate of drug-likeness (QED) is 0.633. The first-order chi connectivity index (χ1) is 8.76. The summed E-state index contributed by atoms with van der Waals surface area (Å²) in [6.07, 6.45) is 5.65. The highest BCUT2D eigenvalue weighted by Crippen LogP contribution is 2.17. The zero-order valence-corrected chi connectivity index (χ0v) is 9.80. The summed E-state index contributed by atoms with van der Waals surface area (Å²) < 4.78 is 1.66. The molecule has 5 nitrogen and oxygen atoms in total. The molecule has 0 unspecified atom stereocenters. The van der Waals surface area contributed by atoms with Crippen molar-refractivity contribution in [3.63, 3.8) is 0 Å². The van der Waals surface area contributed by atoms with Gasteiger partial charge in [0.05, 0.1) is 0 Å². The number of aldehydes is 1. The molecule has 92 valence electrons. The Morgan fingerprint density at radius 2 is 2.39 bits per heavy atom. The standard InChI is InChI=1S/C13H13N3O2/c1-2-5-14-12(18)8-16-7-10(9-17)11-4-3-6-15-13(11)16/h2-4,6-7,9H,1,5,8H2,(H,14,18). The number of hydrogen-bond acceptors (Lipinski definition) is 3. The summed E-state index contributed by atoms with van der Waals surface area (Å²) in [5.41, 5.74) is 1.17. The molecule has 0 aliphatic rings. The number of amides is 1. The van der Waals surface area contributed by atoms with Crippen LogP contribution in [0.1, 0.15) is 10.4 Å². The highest BCUT2D eigenvalue weighted by molar-refractivity contribution is 5.96. The van der Waals surface area contributed by atoms with Crippen molar-refractivity contribution < 1.29 is 9.59 Å². The van der Waals surface area contributed by atoms with Crippen molar-refractivity contribution in [3.05, 3.63) is 42.7 Å². The molecule has 2 rings (SSSR count). The maximum absolute atomic E-state index is 11.6. The highest BCUT2D eigenvalue weighted by atomic mass is 16.2. The fourth-order valence-electron chi connectivity index (χ4n) is 1.76. The Morgan fingerprint density at radius 3 is 3.11 bits per heavy atom. The minimum Gasteiger partial charge on any atom is -0.351 e. The number of rotatable bonds is 5. The van der Waals surface area contributed by atoms with Crippen LogP contribution in [-0.2, 0) is 11.3 Å². The van der Waals surface area contributed by atoms with E-state index in [0.717, 1.165) is 11.7 Å². The van der Waals surface area contributed by atoms with Crippen molar-refractivity contribution in [1.82, 2.24) is 14.9 Å². The average Bonchev–Trinajstić information content (AvgIpc) is 2.75. The van der Waals surface area contributed by atoms with E-state index in [-0.39, 0.29) is 12.5 Å². The van der Waals surface area contributed by atoms with Crippen LogP contribution < -0.4 is 5.32 Å². The van der Waals surface area contributed by atoms with Crippen LogP contribution in [0.25, 0.3) is 11.0 Å². The van der Waals surface area contributed by atoms with E-state index in [2.05, 4.69) is 16.9 Å². The third-order valence-electron chi connectivity index (χ3n) is 2.55. The number of nitrogens with zero attached hydrogens (tertiary/aromatic N) is 2. The molecule has 0 aliphatic heterocycles. The number of carbonyl (C=O) groups excluding carboxylic acids is 2. The first-order valence-electron chi connectivity index (χ1n) is 5.53. The van der Waals surface area contributed by atoms with Gasteiger partial charge in [-0.1, -0.05) is 6.08 Å². The average molecular weight is 243 g/mol. The van der Waals surface area contributed by atoms with Gasteiger partial charge in [0.2, 0.25) is 5.91 Å². The monoisotopic (exact) mass is 243 g/mol. The fraction of sp³-hybridized carbons (Fsp3) is 0.154. The SMILES string of the molecule is C=CCNC(=O)Cn1cc(C=O)c2cccnc21. The second-order valence-electron chi connectivity index (χ2n) is 3.80. The molecule has 5 heteroatoms. The molecule has 0 aromatic carbocycles. The van der Waals surface area contributed by atoms with E-state index in [1.165, 1.54) is 0 Å². The van der Waals surface area contributed by atoms with Gasteiger partial charge in [0, 0.05) is 29.9 Å². The third kappa shape index (κ3) is 2.29. The number of hydrogen-bond donors (Lipinski definition) is 1. The van der Waals surface area contributed by atoms with E-state index < -0.39 is 0 Å². The molecule has 2 aromatic rings. The zero-order valence-electron chi connectivity index (χ0n) is 9.80. The molecule has 0 bridgehead atoms. The van der Waals surface area contributed by atoms with Crippen molar-refractivity contribution in [1.29, 1.82) is 0 Å². The van der Waals surface area contributed by atoms with Crippen LogP contribution in [0.15, 0.2) is 37.2 Å². The Balaban J connectivity index is 2.30. The molecular weight excluding hydrogens is 230 g/mol. The fourth-order valence-corrected chi connectivity index (χ4v) is 1.76. The van der Waals surface area contributed by atoms with E-state index in [1.54, 1.807) is 29.1 Å². The van der Waals surface area contributed by atoms with Crippen molar-refractivity contribution in [3.8, 4) is 0 Å². The van der Waals surface area contributed by atoms with Crippen LogP contribution >= 0.6 is 0 Å². The summed E-state index contributed by atoms with van der Waals surface area (Å²) in [4.78, 5) is 26.7. The van der Waals surface area contributed by atoms with Gasteiger partial charge in [-0.3, -0.25) is 9.59 Å². The molecule has 2 aromatic heterocycles. The lowest BCUT2D eigenvalue weighted by Gasteiger charge is -2.04. The maximum Gasteiger partial charge on any atom is 0.240 e. The lowest BCUT2D eigenvalue weighted by molar-refractivity contribution is -0.121. The number of carbonyl (C=O) groups is 2. The van der Waals surface area contributed by atoms with Crippen LogP contribution in [-0.4, -0.2) is 28.3 Å². The van der Waals surface area contributed by atoms with Gasteiger partial charge in [0.1, 0.15) is 12.2 Å². The van der Waals surface area contributed by atoms with E-state index in [0.29, 0.717) is 17.8 Å². The number of nitrogens with one attached hydrogen (secondary N) is 1. The molecule has 18 heavy (non-hydrogen) atoms. The van der Waals surface area contributed by atoms with Crippen LogP contribution in [0.2, 0.25) is 0 Å². The lowest BCUT2D eigenvalue weighted by atomic mass is 10.2. The van der Waals surface area contributed by atoms with Gasteiger partial charge in [-0.05, 0) is 12.1 Å². The normalized spacial score (nSPS) is 10.2. The Bertz CT molecular complexity index is 601.